The van der Waals surface area contributed by atoms with E-state index in [1.54, 1.807) is 6.07 Å². The van der Waals surface area contributed by atoms with Crippen molar-refractivity contribution in [2.24, 2.45) is 0 Å². The Morgan fingerprint density at radius 2 is 1.28 bits per heavy atom. The Balaban J connectivity index is 1.65. The maximum absolute atomic E-state index is 10.1. The zero-order chi connectivity index (χ0) is 17.3. The van der Waals surface area contributed by atoms with Crippen LogP contribution in [0.5, 0.6) is 5.75 Å². The minimum atomic E-state index is 0.350. The predicted molar refractivity (Wildman–Crippen MR) is 99.3 cm³/mol. The molecule has 0 atom stereocenters. The quantitative estimate of drug-likeness (QED) is 0.686. The third-order valence-corrected chi connectivity index (χ3v) is 4.21. The Labute approximate surface area is 148 Å². The molecule has 0 aliphatic carbocycles. The normalized spacial score (nSPS) is 10.9. The SMILES string of the molecule is Oc1ccccc1CN(CCc1ccccn1)CCc1ccccn1. The van der Waals surface area contributed by atoms with Gasteiger partial charge in [0.05, 0.1) is 0 Å². The molecule has 0 bridgehead atoms. The van der Waals surface area contributed by atoms with Crippen LogP contribution in [0.3, 0.4) is 0 Å². The van der Waals surface area contributed by atoms with Gasteiger partial charge in [-0.25, -0.2) is 0 Å². The van der Waals surface area contributed by atoms with E-state index in [-0.39, 0.29) is 0 Å². The fraction of sp³-hybridized carbons (Fsp3) is 0.238. The van der Waals surface area contributed by atoms with Crippen LogP contribution in [0.4, 0.5) is 0 Å². The van der Waals surface area contributed by atoms with Gasteiger partial charge in [0, 0.05) is 61.8 Å². The van der Waals surface area contributed by atoms with E-state index in [1.807, 2.05) is 54.9 Å². The van der Waals surface area contributed by atoms with Gasteiger partial charge in [0.2, 0.25) is 0 Å². The predicted octanol–water partition coefficient (Wildman–Crippen LogP) is 3.47. The zero-order valence-electron chi connectivity index (χ0n) is 14.3. The van der Waals surface area contributed by atoms with Crippen molar-refractivity contribution in [2.75, 3.05) is 13.1 Å². The highest BCUT2D eigenvalue weighted by molar-refractivity contribution is 5.31. The average molecular weight is 333 g/mol. The summed E-state index contributed by atoms with van der Waals surface area (Å²) < 4.78 is 0. The van der Waals surface area contributed by atoms with Crippen molar-refractivity contribution >= 4 is 0 Å². The summed E-state index contributed by atoms with van der Waals surface area (Å²) in [5.74, 6) is 0.350. The molecule has 4 nitrogen and oxygen atoms in total. The number of benzene rings is 1. The van der Waals surface area contributed by atoms with Crippen LogP contribution in [0.25, 0.3) is 0 Å². The van der Waals surface area contributed by atoms with Crippen molar-refractivity contribution in [3.63, 3.8) is 0 Å². The summed E-state index contributed by atoms with van der Waals surface area (Å²) in [6.07, 6.45) is 5.43. The molecule has 0 unspecified atom stereocenters. The molecular weight excluding hydrogens is 310 g/mol. The van der Waals surface area contributed by atoms with Gasteiger partial charge in [0.15, 0.2) is 0 Å². The number of phenols is 1. The molecule has 0 spiro atoms. The molecular formula is C21H23N3O. The highest BCUT2D eigenvalue weighted by Crippen LogP contribution is 2.18. The highest BCUT2D eigenvalue weighted by atomic mass is 16.3. The Bertz CT molecular complexity index is 719. The number of hydrogen-bond acceptors (Lipinski definition) is 4. The minimum absolute atomic E-state index is 0.350. The van der Waals surface area contributed by atoms with Crippen LogP contribution in [0.2, 0.25) is 0 Å². The summed E-state index contributed by atoms with van der Waals surface area (Å²) in [7, 11) is 0. The highest BCUT2D eigenvalue weighted by Gasteiger charge is 2.10. The number of phenolic OH excluding ortho intramolecular Hbond substituents is 1. The first-order valence-corrected chi connectivity index (χ1v) is 8.60. The zero-order valence-corrected chi connectivity index (χ0v) is 14.3. The number of nitrogens with zero attached hydrogens (tertiary/aromatic N) is 3. The minimum Gasteiger partial charge on any atom is -0.508 e. The maximum atomic E-state index is 10.1. The van der Waals surface area contributed by atoms with E-state index in [0.717, 1.165) is 42.9 Å². The number of rotatable bonds is 8. The lowest BCUT2D eigenvalue weighted by atomic mass is 10.1. The van der Waals surface area contributed by atoms with Crippen LogP contribution < -0.4 is 0 Å². The molecule has 0 saturated heterocycles. The summed E-state index contributed by atoms with van der Waals surface area (Å²) in [6, 6.07) is 19.5. The summed E-state index contributed by atoms with van der Waals surface area (Å²) in [4.78, 5) is 11.2. The fourth-order valence-corrected chi connectivity index (χ4v) is 2.79. The van der Waals surface area contributed by atoms with E-state index in [4.69, 9.17) is 0 Å². The van der Waals surface area contributed by atoms with E-state index in [2.05, 4.69) is 27.0 Å². The first-order valence-electron chi connectivity index (χ1n) is 8.60. The molecule has 4 heteroatoms. The summed E-state index contributed by atoms with van der Waals surface area (Å²) in [6.45, 7) is 2.49. The molecule has 0 amide bonds. The van der Waals surface area contributed by atoms with Gasteiger partial charge in [-0.3, -0.25) is 14.9 Å². The van der Waals surface area contributed by atoms with Crippen LogP contribution in [0.1, 0.15) is 17.0 Å². The van der Waals surface area contributed by atoms with Crippen molar-refractivity contribution in [3.05, 3.63) is 90.0 Å². The van der Waals surface area contributed by atoms with Crippen LogP contribution >= 0.6 is 0 Å². The van der Waals surface area contributed by atoms with Gasteiger partial charge in [-0.15, -0.1) is 0 Å². The van der Waals surface area contributed by atoms with Gasteiger partial charge < -0.3 is 5.11 Å². The molecule has 2 aromatic heterocycles. The van der Waals surface area contributed by atoms with E-state index < -0.39 is 0 Å². The van der Waals surface area contributed by atoms with Crippen LogP contribution in [-0.2, 0) is 19.4 Å². The summed E-state index contributed by atoms with van der Waals surface area (Å²) >= 11 is 0. The summed E-state index contributed by atoms with van der Waals surface area (Å²) in [5, 5.41) is 10.1. The molecule has 25 heavy (non-hydrogen) atoms. The molecule has 3 rings (SSSR count). The molecule has 128 valence electrons. The third-order valence-electron chi connectivity index (χ3n) is 4.21. The Morgan fingerprint density at radius 1 is 0.720 bits per heavy atom. The molecule has 0 saturated carbocycles. The smallest absolute Gasteiger partial charge is 0.120 e. The van der Waals surface area contributed by atoms with Crippen LogP contribution in [-0.4, -0.2) is 33.1 Å². The molecule has 0 fully saturated rings. The standard InChI is InChI=1S/C21H23N3O/c25-21-10-2-1-7-18(21)17-24(15-11-19-8-3-5-13-22-19)16-12-20-9-4-6-14-23-20/h1-10,13-14,25H,11-12,15-17H2. The van der Waals surface area contributed by atoms with Crippen molar-refractivity contribution < 1.29 is 5.11 Å². The monoisotopic (exact) mass is 333 g/mol. The lowest BCUT2D eigenvalue weighted by molar-refractivity contribution is 0.266. The van der Waals surface area contributed by atoms with E-state index in [9.17, 15) is 5.11 Å². The second-order valence-electron chi connectivity index (χ2n) is 6.05. The van der Waals surface area contributed by atoms with E-state index in [1.165, 1.54) is 0 Å². The number of hydrogen-bond donors (Lipinski definition) is 1. The number of aromatic hydroxyl groups is 1. The molecule has 3 aromatic rings. The third kappa shape index (κ3) is 5.40. The Kier molecular flexibility index (Phi) is 6.12. The Morgan fingerprint density at radius 3 is 1.80 bits per heavy atom. The largest absolute Gasteiger partial charge is 0.508 e. The van der Waals surface area contributed by atoms with Gasteiger partial charge >= 0.3 is 0 Å². The molecule has 0 aliphatic heterocycles. The first kappa shape index (κ1) is 17.1. The van der Waals surface area contributed by atoms with E-state index in [0.29, 0.717) is 12.3 Å². The van der Waals surface area contributed by atoms with Crippen molar-refractivity contribution in [1.29, 1.82) is 0 Å². The molecule has 1 aromatic carbocycles. The van der Waals surface area contributed by atoms with Crippen LogP contribution in [0.15, 0.2) is 73.1 Å². The summed E-state index contributed by atoms with van der Waals surface area (Å²) in [5.41, 5.74) is 3.12. The number of para-hydroxylation sites is 1. The molecule has 0 aliphatic rings. The van der Waals surface area contributed by atoms with Gasteiger partial charge in [0.1, 0.15) is 5.75 Å². The maximum Gasteiger partial charge on any atom is 0.120 e. The molecule has 2 heterocycles. The topological polar surface area (TPSA) is 49.2 Å². The average Bonchev–Trinajstić information content (AvgIpc) is 2.67. The first-order chi connectivity index (χ1) is 12.3. The second kappa shape index (κ2) is 8.94. The molecule has 0 radical (unpaired) electrons. The second-order valence-corrected chi connectivity index (χ2v) is 6.05. The van der Waals surface area contributed by atoms with Crippen LogP contribution in [0, 0.1) is 0 Å². The van der Waals surface area contributed by atoms with Gasteiger partial charge in [-0.1, -0.05) is 30.3 Å². The lowest BCUT2D eigenvalue weighted by Gasteiger charge is -2.22. The number of pyridine rings is 2. The molecule has 1 N–H and O–H groups in total. The van der Waals surface area contributed by atoms with Crippen molar-refractivity contribution in [2.45, 2.75) is 19.4 Å². The van der Waals surface area contributed by atoms with Crippen molar-refractivity contribution in [3.8, 4) is 5.75 Å². The lowest BCUT2D eigenvalue weighted by Crippen LogP contribution is -2.28. The Hall–Kier alpha value is -2.72. The van der Waals surface area contributed by atoms with Gasteiger partial charge in [0.25, 0.3) is 0 Å². The van der Waals surface area contributed by atoms with Crippen molar-refractivity contribution in [1.82, 2.24) is 14.9 Å². The number of aromatic nitrogens is 2. The van der Waals surface area contributed by atoms with E-state index >= 15 is 0 Å². The fourth-order valence-electron chi connectivity index (χ4n) is 2.79. The van der Waals surface area contributed by atoms with Gasteiger partial charge in [-0.2, -0.15) is 0 Å². The van der Waals surface area contributed by atoms with Gasteiger partial charge in [-0.05, 0) is 30.3 Å².